The Bertz CT molecular complexity index is 434. The minimum atomic E-state index is -0.427. The van der Waals surface area contributed by atoms with Crippen molar-refractivity contribution in [1.29, 1.82) is 0 Å². The zero-order valence-corrected chi connectivity index (χ0v) is 10.7. The van der Waals surface area contributed by atoms with E-state index < -0.39 is 5.82 Å². The molecule has 1 aromatic rings. The van der Waals surface area contributed by atoms with E-state index in [0.29, 0.717) is 6.54 Å². The summed E-state index contributed by atoms with van der Waals surface area (Å²) < 4.78 is 18.5. The molecule has 1 saturated carbocycles. The molecular weight excluding hydrogens is 249 g/mol. The SMILES string of the molecule is O=C(CCOc1ccccc1F)N(CCO)C1CC1. The van der Waals surface area contributed by atoms with Crippen molar-refractivity contribution in [2.24, 2.45) is 0 Å². The predicted octanol–water partition coefficient (Wildman–Crippen LogP) is 1.58. The summed E-state index contributed by atoms with van der Waals surface area (Å²) in [4.78, 5) is 13.6. The topological polar surface area (TPSA) is 49.8 Å². The molecule has 0 bridgehead atoms. The van der Waals surface area contributed by atoms with Gasteiger partial charge in [0.2, 0.25) is 5.91 Å². The Hall–Kier alpha value is -1.62. The molecular formula is C14H18FNO3. The van der Waals surface area contributed by atoms with Gasteiger partial charge in [0.25, 0.3) is 0 Å². The van der Waals surface area contributed by atoms with E-state index >= 15 is 0 Å². The van der Waals surface area contributed by atoms with Gasteiger partial charge in [-0.05, 0) is 25.0 Å². The summed E-state index contributed by atoms with van der Waals surface area (Å²) in [5.74, 6) is -0.312. The first kappa shape index (κ1) is 13.8. The van der Waals surface area contributed by atoms with Crippen LogP contribution in [-0.4, -0.2) is 41.7 Å². The van der Waals surface area contributed by atoms with E-state index in [2.05, 4.69) is 0 Å². The maximum atomic E-state index is 13.3. The lowest BCUT2D eigenvalue weighted by Crippen LogP contribution is -2.36. The summed E-state index contributed by atoms with van der Waals surface area (Å²) in [6.07, 6.45) is 2.20. The van der Waals surface area contributed by atoms with Crippen LogP contribution in [0.2, 0.25) is 0 Å². The first-order valence-electron chi connectivity index (χ1n) is 6.50. The molecule has 0 aromatic heterocycles. The zero-order chi connectivity index (χ0) is 13.7. The number of para-hydroxylation sites is 1. The molecule has 0 spiro atoms. The Labute approximate surface area is 111 Å². The zero-order valence-electron chi connectivity index (χ0n) is 10.7. The van der Waals surface area contributed by atoms with E-state index in [-0.39, 0.29) is 37.3 Å². The lowest BCUT2D eigenvalue weighted by molar-refractivity contribution is -0.132. The van der Waals surface area contributed by atoms with Crippen LogP contribution in [0.1, 0.15) is 19.3 Å². The van der Waals surface area contributed by atoms with Gasteiger partial charge in [0.05, 0.1) is 19.6 Å². The summed E-state index contributed by atoms with van der Waals surface area (Å²) in [5.41, 5.74) is 0. The number of nitrogens with zero attached hydrogens (tertiary/aromatic N) is 1. The Balaban J connectivity index is 1.78. The number of benzene rings is 1. The lowest BCUT2D eigenvalue weighted by Gasteiger charge is -2.21. The van der Waals surface area contributed by atoms with Crippen molar-refractivity contribution >= 4 is 5.91 Å². The van der Waals surface area contributed by atoms with E-state index in [9.17, 15) is 9.18 Å². The second kappa shape index (κ2) is 6.52. The number of carbonyl (C=O) groups excluding carboxylic acids is 1. The Morgan fingerprint density at radius 2 is 2.16 bits per heavy atom. The van der Waals surface area contributed by atoms with E-state index in [1.165, 1.54) is 12.1 Å². The molecule has 0 aliphatic heterocycles. The van der Waals surface area contributed by atoms with Crippen molar-refractivity contribution in [2.75, 3.05) is 19.8 Å². The van der Waals surface area contributed by atoms with Crippen LogP contribution >= 0.6 is 0 Å². The normalized spacial score (nSPS) is 14.2. The number of hydrogen-bond donors (Lipinski definition) is 1. The average Bonchev–Trinajstić information content (AvgIpc) is 3.22. The number of carbonyl (C=O) groups is 1. The molecule has 0 radical (unpaired) electrons. The summed E-state index contributed by atoms with van der Waals surface area (Å²) >= 11 is 0. The molecule has 0 heterocycles. The Morgan fingerprint density at radius 3 is 2.79 bits per heavy atom. The molecule has 2 rings (SSSR count). The molecule has 1 amide bonds. The molecule has 4 nitrogen and oxygen atoms in total. The van der Waals surface area contributed by atoms with Crippen molar-refractivity contribution in [3.63, 3.8) is 0 Å². The fourth-order valence-corrected chi connectivity index (χ4v) is 1.96. The number of amides is 1. The summed E-state index contributed by atoms with van der Waals surface area (Å²) in [7, 11) is 0. The number of rotatable bonds is 7. The van der Waals surface area contributed by atoms with Crippen molar-refractivity contribution in [2.45, 2.75) is 25.3 Å². The van der Waals surface area contributed by atoms with Gasteiger partial charge < -0.3 is 14.7 Å². The van der Waals surface area contributed by atoms with Crippen LogP contribution in [0, 0.1) is 5.82 Å². The molecule has 19 heavy (non-hydrogen) atoms. The highest BCUT2D eigenvalue weighted by Crippen LogP contribution is 2.27. The van der Waals surface area contributed by atoms with Crippen LogP contribution in [0.5, 0.6) is 5.75 Å². The second-order valence-corrected chi connectivity index (χ2v) is 4.57. The van der Waals surface area contributed by atoms with E-state index in [0.717, 1.165) is 12.8 Å². The fourth-order valence-electron chi connectivity index (χ4n) is 1.96. The van der Waals surface area contributed by atoms with Crippen molar-refractivity contribution in [1.82, 2.24) is 4.90 Å². The monoisotopic (exact) mass is 267 g/mol. The Kier molecular flexibility index (Phi) is 4.74. The van der Waals surface area contributed by atoms with Crippen LogP contribution in [0.25, 0.3) is 0 Å². The lowest BCUT2D eigenvalue weighted by atomic mass is 10.3. The first-order chi connectivity index (χ1) is 9.22. The van der Waals surface area contributed by atoms with Gasteiger partial charge in [-0.1, -0.05) is 12.1 Å². The number of aliphatic hydroxyl groups excluding tert-OH is 1. The average molecular weight is 267 g/mol. The van der Waals surface area contributed by atoms with Gasteiger partial charge in [-0.3, -0.25) is 4.79 Å². The van der Waals surface area contributed by atoms with Gasteiger partial charge in [0.1, 0.15) is 0 Å². The van der Waals surface area contributed by atoms with Gasteiger partial charge in [-0.15, -0.1) is 0 Å². The van der Waals surface area contributed by atoms with Crippen LogP contribution in [0.15, 0.2) is 24.3 Å². The maximum Gasteiger partial charge on any atom is 0.226 e. The highest BCUT2D eigenvalue weighted by Gasteiger charge is 2.31. The van der Waals surface area contributed by atoms with Crippen molar-refractivity contribution in [3.05, 3.63) is 30.1 Å². The standard InChI is InChI=1S/C14H18FNO3/c15-12-3-1-2-4-13(12)19-10-7-14(18)16(8-9-17)11-5-6-11/h1-4,11,17H,5-10H2. The third-order valence-corrected chi connectivity index (χ3v) is 3.06. The molecule has 104 valence electrons. The third-order valence-electron chi connectivity index (χ3n) is 3.06. The summed E-state index contributed by atoms with van der Waals surface area (Å²) in [6.45, 7) is 0.480. The van der Waals surface area contributed by atoms with E-state index in [1.807, 2.05) is 0 Å². The third kappa shape index (κ3) is 3.92. The molecule has 1 aromatic carbocycles. The van der Waals surface area contributed by atoms with Gasteiger partial charge in [-0.2, -0.15) is 0 Å². The van der Waals surface area contributed by atoms with E-state index in [1.54, 1.807) is 17.0 Å². The van der Waals surface area contributed by atoms with Crippen molar-refractivity contribution in [3.8, 4) is 5.75 Å². The quantitative estimate of drug-likeness (QED) is 0.816. The number of hydrogen-bond acceptors (Lipinski definition) is 3. The summed E-state index contributed by atoms with van der Waals surface area (Å²) in [5, 5.41) is 8.93. The molecule has 1 aliphatic carbocycles. The van der Waals surface area contributed by atoms with Crippen LogP contribution in [-0.2, 0) is 4.79 Å². The smallest absolute Gasteiger partial charge is 0.226 e. The maximum absolute atomic E-state index is 13.3. The van der Waals surface area contributed by atoms with Gasteiger partial charge in [0.15, 0.2) is 11.6 Å². The molecule has 0 saturated heterocycles. The molecule has 0 unspecified atom stereocenters. The van der Waals surface area contributed by atoms with Gasteiger partial charge in [0, 0.05) is 12.6 Å². The highest BCUT2D eigenvalue weighted by atomic mass is 19.1. The van der Waals surface area contributed by atoms with E-state index in [4.69, 9.17) is 9.84 Å². The molecule has 1 fully saturated rings. The van der Waals surface area contributed by atoms with Crippen LogP contribution in [0.4, 0.5) is 4.39 Å². The van der Waals surface area contributed by atoms with Crippen LogP contribution in [0.3, 0.4) is 0 Å². The molecule has 1 aliphatic rings. The largest absolute Gasteiger partial charge is 0.490 e. The minimum Gasteiger partial charge on any atom is -0.490 e. The first-order valence-corrected chi connectivity index (χ1v) is 6.50. The number of aliphatic hydroxyl groups is 1. The number of halogens is 1. The van der Waals surface area contributed by atoms with Gasteiger partial charge in [-0.25, -0.2) is 4.39 Å². The molecule has 5 heteroatoms. The Morgan fingerprint density at radius 1 is 1.42 bits per heavy atom. The summed E-state index contributed by atoms with van der Waals surface area (Å²) in [6, 6.07) is 6.39. The molecule has 1 N–H and O–H groups in total. The highest BCUT2D eigenvalue weighted by molar-refractivity contribution is 5.77. The minimum absolute atomic E-state index is 0.0313. The van der Waals surface area contributed by atoms with Gasteiger partial charge >= 0.3 is 0 Å². The fraction of sp³-hybridized carbons (Fsp3) is 0.500. The van der Waals surface area contributed by atoms with Crippen molar-refractivity contribution < 1.29 is 19.0 Å². The second-order valence-electron chi connectivity index (χ2n) is 4.57. The molecule has 0 atom stereocenters. The predicted molar refractivity (Wildman–Crippen MR) is 68.3 cm³/mol. The van der Waals surface area contributed by atoms with Crippen LogP contribution < -0.4 is 4.74 Å². The number of ether oxygens (including phenoxy) is 1.